The molecule has 0 saturated heterocycles. The molecule has 1 rings (SSSR count). The Morgan fingerprint density at radius 1 is 1.50 bits per heavy atom. The van der Waals surface area contributed by atoms with Gasteiger partial charge in [-0.25, -0.2) is 0 Å². The molecule has 0 saturated carbocycles. The number of amides is 1. The third-order valence-corrected chi connectivity index (χ3v) is 3.03. The molecule has 0 atom stereocenters. The maximum absolute atomic E-state index is 11.5. The first-order valence-electron chi connectivity index (χ1n) is 5.87. The first kappa shape index (κ1) is 14.8. The van der Waals surface area contributed by atoms with E-state index in [0.717, 1.165) is 16.3 Å². The van der Waals surface area contributed by atoms with Gasteiger partial charge in [-0.15, -0.1) is 0 Å². The number of nitrogens with two attached hydrogens (primary N) is 1. The molecule has 0 fully saturated rings. The zero-order valence-electron chi connectivity index (χ0n) is 10.8. The molecule has 100 valence electrons. The first-order chi connectivity index (χ1) is 8.54. The van der Waals surface area contributed by atoms with Gasteiger partial charge in [0, 0.05) is 25.0 Å². The van der Waals surface area contributed by atoms with Crippen LogP contribution in [0.25, 0.3) is 0 Å². The monoisotopic (exact) mass is 270 g/mol. The summed E-state index contributed by atoms with van der Waals surface area (Å²) in [5, 5.41) is 0.720. The summed E-state index contributed by atoms with van der Waals surface area (Å²) in [7, 11) is 1.74. The Kier molecular flexibility index (Phi) is 5.95. The van der Waals surface area contributed by atoms with Gasteiger partial charge in [0.2, 0.25) is 5.91 Å². The zero-order chi connectivity index (χ0) is 13.5. The van der Waals surface area contributed by atoms with Crippen LogP contribution < -0.4 is 10.5 Å². The average molecular weight is 271 g/mol. The Morgan fingerprint density at radius 2 is 2.22 bits per heavy atom. The second kappa shape index (κ2) is 7.24. The number of benzene rings is 1. The van der Waals surface area contributed by atoms with Crippen LogP contribution in [0.4, 0.5) is 0 Å². The van der Waals surface area contributed by atoms with Crippen LogP contribution in [-0.2, 0) is 4.79 Å². The molecule has 1 amide bonds. The average Bonchev–Trinajstić information content (AvgIpc) is 2.34. The molecule has 18 heavy (non-hydrogen) atoms. The molecule has 0 aliphatic rings. The van der Waals surface area contributed by atoms with Crippen LogP contribution in [0.3, 0.4) is 0 Å². The molecule has 0 aromatic heterocycles. The first-order valence-corrected chi connectivity index (χ1v) is 6.25. The smallest absolute Gasteiger partial charge is 0.223 e. The molecule has 0 aliphatic carbocycles. The van der Waals surface area contributed by atoms with Crippen LogP contribution in [0.1, 0.15) is 12.0 Å². The van der Waals surface area contributed by atoms with Gasteiger partial charge in [0.05, 0.1) is 6.54 Å². The Bertz CT molecular complexity index is 410. The third kappa shape index (κ3) is 4.55. The highest BCUT2D eigenvalue weighted by Crippen LogP contribution is 2.20. The fraction of sp³-hybridized carbons (Fsp3) is 0.462. The summed E-state index contributed by atoms with van der Waals surface area (Å²) in [6.45, 7) is 3.29. The molecule has 1 aromatic rings. The van der Waals surface area contributed by atoms with E-state index in [1.165, 1.54) is 0 Å². The summed E-state index contributed by atoms with van der Waals surface area (Å²) in [4.78, 5) is 13.1. The number of halogens is 1. The Hall–Kier alpha value is -1.26. The number of likely N-dealkylation sites (N-methyl/N-ethyl adjacent to an activating group) is 1. The van der Waals surface area contributed by atoms with Crippen molar-refractivity contribution in [2.45, 2.75) is 13.3 Å². The van der Waals surface area contributed by atoms with Gasteiger partial charge in [0.15, 0.2) is 0 Å². The van der Waals surface area contributed by atoms with Crippen LogP contribution in [0.15, 0.2) is 18.2 Å². The van der Waals surface area contributed by atoms with E-state index in [4.69, 9.17) is 22.1 Å². The van der Waals surface area contributed by atoms with Crippen molar-refractivity contribution in [3.05, 3.63) is 28.8 Å². The predicted octanol–water partition coefficient (Wildman–Crippen LogP) is 1.83. The minimum absolute atomic E-state index is 0.0355. The summed E-state index contributed by atoms with van der Waals surface area (Å²) >= 11 is 5.92. The number of carbonyl (C=O) groups excluding carboxylic acids is 1. The molecule has 0 aliphatic heterocycles. The van der Waals surface area contributed by atoms with E-state index in [1.54, 1.807) is 18.0 Å². The molecule has 0 spiro atoms. The molecule has 1 aromatic carbocycles. The fourth-order valence-electron chi connectivity index (χ4n) is 1.45. The van der Waals surface area contributed by atoms with Gasteiger partial charge >= 0.3 is 0 Å². The maximum Gasteiger partial charge on any atom is 0.223 e. The van der Waals surface area contributed by atoms with E-state index < -0.39 is 0 Å². The lowest BCUT2D eigenvalue weighted by molar-refractivity contribution is -0.130. The molecule has 4 nitrogen and oxygen atoms in total. The highest BCUT2D eigenvalue weighted by molar-refractivity contribution is 6.31. The van der Waals surface area contributed by atoms with Crippen molar-refractivity contribution < 1.29 is 9.53 Å². The largest absolute Gasteiger partial charge is 0.492 e. The van der Waals surface area contributed by atoms with Crippen LogP contribution in [0.2, 0.25) is 5.02 Å². The van der Waals surface area contributed by atoms with Crippen LogP contribution in [-0.4, -0.2) is 37.6 Å². The lowest BCUT2D eigenvalue weighted by atomic mass is 10.2. The van der Waals surface area contributed by atoms with E-state index in [2.05, 4.69) is 0 Å². The van der Waals surface area contributed by atoms with Gasteiger partial charge < -0.3 is 15.4 Å². The molecular formula is C13H19ClN2O2. The van der Waals surface area contributed by atoms with Crippen LogP contribution in [0, 0.1) is 6.92 Å². The van der Waals surface area contributed by atoms with Gasteiger partial charge in [-0.2, -0.15) is 0 Å². The third-order valence-electron chi connectivity index (χ3n) is 2.61. The van der Waals surface area contributed by atoms with Crippen molar-refractivity contribution in [2.24, 2.45) is 5.73 Å². The molecular weight excluding hydrogens is 252 g/mol. The summed E-state index contributed by atoms with van der Waals surface area (Å²) in [6.07, 6.45) is 0.372. The van der Waals surface area contributed by atoms with E-state index in [0.29, 0.717) is 26.1 Å². The molecule has 2 N–H and O–H groups in total. The zero-order valence-corrected chi connectivity index (χ0v) is 11.5. The fourth-order valence-corrected chi connectivity index (χ4v) is 1.56. The number of ether oxygens (including phenoxy) is 1. The van der Waals surface area contributed by atoms with E-state index >= 15 is 0 Å². The normalized spacial score (nSPS) is 10.2. The second-order valence-electron chi connectivity index (χ2n) is 4.11. The minimum Gasteiger partial charge on any atom is -0.492 e. The predicted molar refractivity (Wildman–Crippen MR) is 73.0 cm³/mol. The molecule has 0 heterocycles. The van der Waals surface area contributed by atoms with Gasteiger partial charge in [-0.3, -0.25) is 4.79 Å². The lowest BCUT2D eigenvalue weighted by Gasteiger charge is -2.17. The van der Waals surface area contributed by atoms with Crippen molar-refractivity contribution in [3.63, 3.8) is 0 Å². The van der Waals surface area contributed by atoms with Gasteiger partial charge in [-0.1, -0.05) is 11.6 Å². The number of nitrogens with zero attached hydrogens (tertiary/aromatic N) is 1. The van der Waals surface area contributed by atoms with Crippen molar-refractivity contribution in [2.75, 3.05) is 26.7 Å². The van der Waals surface area contributed by atoms with Crippen LogP contribution in [0.5, 0.6) is 5.75 Å². The Labute approximate surface area is 113 Å². The van der Waals surface area contributed by atoms with Crippen molar-refractivity contribution in [1.82, 2.24) is 4.90 Å². The standard InChI is InChI=1S/C13H19ClN2O2/c1-10-9-11(3-4-12(10)14)18-8-7-16(2)13(17)5-6-15/h3-4,9H,5-8,15H2,1-2H3. The summed E-state index contributed by atoms with van der Waals surface area (Å²) < 4.78 is 5.56. The minimum atomic E-state index is 0.0355. The topological polar surface area (TPSA) is 55.6 Å². The SMILES string of the molecule is Cc1cc(OCCN(C)C(=O)CCN)ccc1Cl. The highest BCUT2D eigenvalue weighted by atomic mass is 35.5. The Balaban J connectivity index is 2.37. The Morgan fingerprint density at radius 3 is 2.83 bits per heavy atom. The quantitative estimate of drug-likeness (QED) is 0.858. The van der Waals surface area contributed by atoms with E-state index in [9.17, 15) is 4.79 Å². The molecule has 5 heteroatoms. The molecule has 0 unspecified atom stereocenters. The number of carbonyl (C=O) groups is 1. The van der Waals surface area contributed by atoms with Crippen molar-refractivity contribution >= 4 is 17.5 Å². The number of rotatable bonds is 6. The number of hydrogen-bond donors (Lipinski definition) is 1. The van der Waals surface area contributed by atoms with Gasteiger partial charge in [0.25, 0.3) is 0 Å². The molecule has 0 radical (unpaired) electrons. The summed E-state index contributed by atoms with van der Waals surface area (Å²) in [6, 6.07) is 5.50. The van der Waals surface area contributed by atoms with Gasteiger partial charge in [0.1, 0.15) is 12.4 Å². The lowest BCUT2D eigenvalue weighted by Crippen LogP contribution is -2.32. The summed E-state index contributed by atoms with van der Waals surface area (Å²) in [5.41, 5.74) is 6.30. The van der Waals surface area contributed by atoms with Crippen molar-refractivity contribution in [1.29, 1.82) is 0 Å². The van der Waals surface area contributed by atoms with Gasteiger partial charge in [-0.05, 0) is 30.7 Å². The molecule has 0 bridgehead atoms. The summed E-state index contributed by atoms with van der Waals surface area (Å²) in [5.74, 6) is 0.796. The van der Waals surface area contributed by atoms with Crippen LogP contribution >= 0.6 is 11.6 Å². The number of aryl methyl sites for hydroxylation is 1. The second-order valence-corrected chi connectivity index (χ2v) is 4.52. The maximum atomic E-state index is 11.5. The van der Waals surface area contributed by atoms with E-state index in [1.807, 2.05) is 19.1 Å². The van der Waals surface area contributed by atoms with E-state index in [-0.39, 0.29) is 5.91 Å². The number of hydrogen-bond acceptors (Lipinski definition) is 3. The van der Waals surface area contributed by atoms with Crippen molar-refractivity contribution in [3.8, 4) is 5.75 Å². The highest BCUT2D eigenvalue weighted by Gasteiger charge is 2.07.